The van der Waals surface area contributed by atoms with Crippen LogP contribution in [0.3, 0.4) is 0 Å². The highest BCUT2D eigenvalue weighted by atomic mass is 16.3. The summed E-state index contributed by atoms with van der Waals surface area (Å²) in [4.78, 5) is 2.36. The van der Waals surface area contributed by atoms with Crippen molar-refractivity contribution >= 4 is 0 Å². The molecule has 2 atom stereocenters. The van der Waals surface area contributed by atoms with Gasteiger partial charge in [-0.3, -0.25) is 4.90 Å². The summed E-state index contributed by atoms with van der Waals surface area (Å²) in [6.45, 7) is 0.823. The third-order valence-electron chi connectivity index (χ3n) is 4.51. The van der Waals surface area contributed by atoms with Crippen LogP contribution in [-0.2, 0) is 6.42 Å². The summed E-state index contributed by atoms with van der Waals surface area (Å²) in [6, 6.07) is 9.30. The fourth-order valence-electron chi connectivity index (χ4n) is 3.24. The molecule has 0 heterocycles. The number of likely N-dealkylation sites (N-methyl/N-ethyl adjacent to an activating group) is 1. The smallest absolute Gasteiger partial charge is 0.0695 e. The molecule has 0 amide bonds. The molecule has 0 spiro atoms. The first-order valence-electron chi connectivity index (χ1n) is 7.22. The van der Waals surface area contributed by atoms with Gasteiger partial charge in [0.2, 0.25) is 0 Å². The van der Waals surface area contributed by atoms with E-state index in [1.54, 1.807) is 0 Å². The van der Waals surface area contributed by atoms with E-state index in [1.165, 1.54) is 43.2 Å². The number of nitrogens with zero attached hydrogens (tertiary/aromatic N) is 1. The molecule has 0 aliphatic heterocycles. The van der Waals surface area contributed by atoms with E-state index in [0.717, 1.165) is 6.54 Å². The number of hydrogen-bond acceptors (Lipinski definition) is 2. The van der Waals surface area contributed by atoms with Gasteiger partial charge in [0.15, 0.2) is 0 Å². The molecule has 0 radical (unpaired) electrons. The van der Waals surface area contributed by atoms with Gasteiger partial charge >= 0.3 is 0 Å². The molecule has 2 unspecified atom stereocenters. The molecule has 2 heteroatoms. The van der Waals surface area contributed by atoms with Crippen molar-refractivity contribution in [3.05, 3.63) is 35.4 Å². The highest BCUT2D eigenvalue weighted by molar-refractivity contribution is 5.32. The molecule has 1 N–H and O–H groups in total. The Labute approximate surface area is 110 Å². The summed E-state index contributed by atoms with van der Waals surface area (Å²) in [6.07, 6.45) is 6.03. The third kappa shape index (κ3) is 2.45. The lowest BCUT2D eigenvalue weighted by Gasteiger charge is -2.34. The zero-order valence-electron chi connectivity index (χ0n) is 11.2. The van der Waals surface area contributed by atoms with Crippen molar-refractivity contribution < 1.29 is 5.11 Å². The van der Waals surface area contributed by atoms with Gasteiger partial charge in [0.1, 0.15) is 0 Å². The van der Waals surface area contributed by atoms with Crippen molar-refractivity contribution in [1.29, 1.82) is 0 Å². The van der Waals surface area contributed by atoms with Crippen LogP contribution in [0.2, 0.25) is 0 Å². The average Bonchev–Trinajstić information content (AvgIpc) is 3.22. The van der Waals surface area contributed by atoms with Crippen LogP contribution in [0, 0.1) is 5.92 Å². The Bertz CT molecular complexity index is 413. The van der Waals surface area contributed by atoms with Gasteiger partial charge in [-0.1, -0.05) is 24.3 Å². The van der Waals surface area contributed by atoms with Crippen LogP contribution >= 0.6 is 0 Å². The molecule has 3 rings (SSSR count). The highest BCUT2D eigenvalue weighted by Crippen LogP contribution is 2.36. The first-order valence-corrected chi connectivity index (χ1v) is 7.22. The van der Waals surface area contributed by atoms with Gasteiger partial charge in [-0.05, 0) is 56.2 Å². The molecule has 1 aromatic carbocycles. The van der Waals surface area contributed by atoms with Gasteiger partial charge in [0, 0.05) is 12.6 Å². The van der Waals surface area contributed by atoms with Gasteiger partial charge in [-0.25, -0.2) is 0 Å². The van der Waals surface area contributed by atoms with Crippen LogP contribution in [0.15, 0.2) is 24.3 Å². The van der Waals surface area contributed by atoms with Gasteiger partial charge in [-0.2, -0.15) is 0 Å². The monoisotopic (exact) mass is 245 g/mol. The molecular formula is C16H23NO. The molecule has 2 aliphatic carbocycles. The highest BCUT2D eigenvalue weighted by Gasteiger charge is 2.32. The van der Waals surface area contributed by atoms with Gasteiger partial charge in [-0.15, -0.1) is 0 Å². The summed E-state index contributed by atoms with van der Waals surface area (Å²) >= 11 is 0. The van der Waals surface area contributed by atoms with E-state index in [0.29, 0.717) is 12.0 Å². The average molecular weight is 245 g/mol. The van der Waals surface area contributed by atoms with Crippen molar-refractivity contribution in [3.8, 4) is 0 Å². The molecular weight excluding hydrogens is 222 g/mol. The summed E-state index contributed by atoms with van der Waals surface area (Å²) in [5.74, 6) is 0.575. The molecule has 0 aromatic heterocycles. The molecule has 2 aliphatic rings. The Morgan fingerprint density at radius 2 is 2.06 bits per heavy atom. The van der Waals surface area contributed by atoms with E-state index in [-0.39, 0.29) is 6.10 Å². The molecule has 2 nitrogen and oxygen atoms in total. The zero-order chi connectivity index (χ0) is 12.5. The lowest BCUT2D eigenvalue weighted by Crippen LogP contribution is -2.35. The maximum Gasteiger partial charge on any atom is 0.0695 e. The quantitative estimate of drug-likeness (QED) is 0.881. The van der Waals surface area contributed by atoms with Crippen molar-refractivity contribution in [2.24, 2.45) is 5.92 Å². The molecule has 1 aromatic rings. The lowest BCUT2D eigenvalue weighted by atomic mass is 9.87. The largest absolute Gasteiger partial charge is 0.392 e. The molecule has 1 fully saturated rings. The van der Waals surface area contributed by atoms with Crippen LogP contribution < -0.4 is 0 Å². The standard InChI is InChI=1S/C16H23NO/c1-17(11-16(18)13-9-10-13)15-8-4-6-12-5-2-3-7-14(12)15/h2-3,5,7,13,15-16,18H,4,6,8-11H2,1H3. The molecule has 0 saturated heterocycles. The zero-order valence-corrected chi connectivity index (χ0v) is 11.2. The number of fused-ring (bicyclic) bond motifs is 1. The summed E-state index contributed by atoms with van der Waals surface area (Å²) in [5.41, 5.74) is 2.98. The predicted octanol–water partition coefficient (Wildman–Crippen LogP) is 2.77. The summed E-state index contributed by atoms with van der Waals surface area (Å²) in [5, 5.41) is 10.1. The minimum Gasteiger partial charge on any atom is -0.392 e. The number of aliphatic hydroxyl groups is 1. The number of hydrogen-bond donors (Lipinski definition) is 1. The Kier molecular flexibility index (Phi) is 3.40. The second-order valence-corrected chi connectivity index (χ2v) is 5.95. The molecule has 0 bridgehead atoms. The first-order chi connectivity index (χ1) is 8.75. The summed E-state index contributed by atoms with van der Waals surface area (Å²) in [7, 11) is 2.17. The fourth-order valence-corrected chi connectivity index (χ4v) is 3.24. The Morgan fingerprint density at radius 3 is 2.83 bits per heavy atom. The van der Waals surface area contributed by atoms with Gasteiger partial charge < -0.3 is 5.11 Å². The SMILES string of the molecule is CN(CC(O)C1CC1)C1CCCc2ccccc21. The maximum atomic E-state index is 10.1. The lowest BCUT2D eigenvalue weighted by molar-refractivity contribution is 0.0830. The van der Waals surface area contributed by atoms with E-state index >= 15 is 0 Å². The normalized spacial score (nSPS) is 24.9. The number of rotatable bonds is 4. The van der Waals surface area contributed by atoms with Crippen LogP contribution in [0.1, 0.15) is 42.9 Å². The molecule has 98 valence electrons. The van der Waals surface area contributed by atoms with E-state index < -0.39 is 0 Å². The van der Waals surface area contributed by atoms with Crippen LogP contribution in [0.5, 0.6) is 0 Å². The Hall–Kier alpha value is -0.860. The van der Waals surface area contributed by atoms with Crippen LogP contribution in [0.4, 0.5) is 0 Å². The van der Waals surface area contributed by atoms with E-state index in [2.05, 4.69) is 36.2 Å². The molecule has 18 heavy (non-hydrogen) atoms. The van der Waals surface area contributed by atoms with E-state index in [1.807, 2.05) is 0 Å². The van der Waals surface area contributed by atoms with Crippen LogP contribution in [-0.4, -0.2) is 29.7 Å². The van der Waals surface area contributed by atoms with Crippen molar-refractivity contribution in [3.63, 3.8) is 0 Å². The van der Waals surface area contributed by atoms with Gasteiger partial charge in [0.05, 0.1) is 6.10 Å². The maximum absolute atomic E-state index is 10.1. The van der Waals surface area contributed by atoms with E-state index in [4.69, 9.17) is 0 Å². The third-order valence-corrected chi connectivity index (χ3v) is 4.51. The topological polar surface area (TPSA) is 23.5 Å². The van der Waals surface area contributed by atoms with E-state index in [9.17, 15) is 5.11 Å². The predicted molar refractivity (Wildman–Crippen MR) is 73.5 cm³/mol. The number of benzene rings is 1. The minimum absolute atomic E-state index is 0.121. The van der Waals surface area contributed by atoms with Crippen molar-refractivity contribution in [1.82, 2.24) is 4.90 Å². The molecule has 1 saturated carbocycles. The van der Waals surface area contributed by atoms with Crippen LogP contribution in [0.25, 0.3) is 0 Å². The Morgan fingerprint density at radius 1 is 1.28 bits per heavy atom. The summed E-state index contributed by atoms with van der Waals surface area (Å²) < 4.78 is 0. The van der Waals surface area contributed by atoms with Gasteiger partial charge in [0.25, 0.3) is 0 Å². The fraction of sp³-hybridized carbons (Fsp3) is 0.625. The number of aliphatic hydroxyl groups excluding tert-OH is 1. The minimum atomic E-state index is -0.121. The second-order valence-electron chi connectivity index (χ2n) is 5.95. The van der Waals surface area contributed by atoms with Crippen molar-refractivity contribution in [2.45, 2.75) is 44.2 Å². The Balaban J connectivity index is 1.72. The first kappa shape index (κ1) is 12.2. The van der Waals surface area contributed by atoms with Crippen molar-refractivity contribution in [2.75, 3.05) is 13.6 Å². The second kappa shape index (κ2) is 5.02. The number of aryl methyl sites for hydroxylation is 1.